The third-order valence-corrected chi connectivity index (χ3v) is 5.33. The highest BCUT2D eigenvalue weighted by molar-refractivity contribution is 5.83. The molecule has 1 N–H and O–H groups in total. The summed E-state index contributed by atoms with van der Waals surface area (Å²) in [6.07, 6.45) is -2.11. The summed E-state index contributed by atoms with van der Waals surface area (Å²) >= 11 is 0. The molecule has 180 valence electrons. The molecular weight excluding hydrogens is 453 g/mol. The average molecular weight is 476 g/mol. The van der Waals surface area contributed by atoms with Gasteiger partial charge >= 0.3 is 12.1 Å². The van der Waals surface area contributed by atoms with Gasteiger partial charge in [0.25, 0.3) is 0 Å². The number of halogens is 3. The Morgan fingerprint density at radius 2 is 2.00 bits per heavy atom. The van der Waals surface area contributed by atoms with E-state index < -0.39 is 30.1 Å². The van der Waals surface area contributed by atoms with E-state index in [-0.39, 0.29) is 19.4 Å². The molecule has 8 nitrogen and oxygen atoms in total. The summed E-state index contributed by atoms with van der Waals surface area (Å²) < 4.78 is 43.0. The first-order valence-electron chi connectivity index (χ1n) is 10.6. The molecule has 3 rings (SSSR count). The lowest BCUT2D eigenvalue weighted by molar-refractivity contribution is -0.248. The van der Waals surface area contributed by atoms with Crippen LogP contribution in [0.1, 0.15) is 24.8 Å². The number of methoxy groups -OCH3 is 1. The smallest absolute Gasteiger partial charge is 0.481 e. The van der Waals surface area contributed by atoms with E-state index in [1.807, 2.05) is 24.3 Å². The van der Waals surface area contributed by atoms with Crippen molar-refractivity contribution in [1.29, 1.82) is 5.26 Å². The zero-order valence-electron chi connectivity index (χ0n) is 18.3. The fourth-order valence-electron chi connectivity index (χ4n) is 3.66. The van der Waals surface area contributed by atoms with Crippen molar-refractivity contribution in [2.24, 2.45) is 0 Å². The van der Waals surface area contributed by atoms with E-state index in [9.17, 15) is 28.0 Å². The molecule has 1 aromatic heterocycles. The molecule has 2 atom stereocenters. The van der Waals surface area contributed by atoms with Gasteiger partial charge in [0.2, 0.25) is 11.8 Å². The molecule has 1 aromatic carbocycles. The highest BCUT2D eigenvalue weighted by atomic mass is 19.4. The topological polar surface area (TPSA) is 105 Å². The minimum atomic E-state index is -5.17. The number of piperidine rings is 1. The molecule has 1 aliphatic heterocycles. The summed E-state index contributed by atoms with van der Waals surface area (Å²) in [5.74, 6) is -2.58. The molecule has 1 aliphatic rings. The van der Waals surface area contributed by atoms with E-state index in [1.165, 1.54) is 7.11 Å². The van der Waals surface area contributed by atoms with Gasteiger partial charge in [-0.2, -0.15) is 18.4 Å². The Balaban J connectivity index is 1.64. The van der Waals surface area contributed by atoms with E-state index >= 15 is 0 Å². The lowest BCUT2D eigenvalue weighted by Crippen LogP contribution is -2.53. The van der Waals surface area contributed by atoms with Crippen LogP contribution in [0, 0.1) is 11.3 Å². The Hall–Kier alpha value is -3.65. The molecule has 0 unspecified atom stereocenters. The second kappa shape index (κ2) is 11.0. The number of aromatic nitrogens is 1. The summed E-state index contributed by atoms with van der Waals surface area (Å²) in [4.78, 5) is 32.5. The van der Waals surface area contributed by atoms with Crippen LogP contribution in [-0.2, 0) is 20.8 Å². The van der Waals surface area contributed by atoms with Crippen LogP contribution in [-0.4, -0.2) is 53.8 Å². The first-order valence-corrected chi connectivity index (χ1v) is 10.6. The third kappa shape index (κ3) is 6.23. The van der Waals surface area contributed by atoms with Crippen LogP contribution in [0.25, 0.3) is 11.1 Å². The molecule has 1 saturated heterocycles. The van der Waals surface area contributed by atoms with Crippen molar-refractivity contribution in [3.8, 4) is 23.1 Å². The van der Waals surface area contributed by atoms with Crippen molar-refractivity contribution in [3.05, 3.63) is 48.2 Å². The van der Waals surface area contributed by atoms with Crippen molar-refractivity contribution in [2.45, 2.75) is 43.9 Å². The summed E-state index contributed by atoms with van der Waals surface area (Å²) in [6.45, 7) is -0.00358. The van der Waals surface area contributed by atoms with Crippen LogP contribution in [0.2, 0.25) is 0 Å². The molecule has 0 aliphatic carbocycles. The molecule has 1 amide bonds. The summed E-state index contributed by atoms with van der Waals surface area (Å²) in [6, 6.07) is 10.9. The standard InChI is InChI=1S/C23H23F3N4O4/c1-33-21-18(5-4-11-28-21)16-9-7-15(8-10-16)13-17(14-27)29-20(31)19-6-2-3-12-30(19)34-22(32)23(24,25)26/h4-5,7-11,17,19H,2-3,6,12-13H2,1H3,(H,29,31)/t17-,19-/m0/s1. The molecule has 0 spiro atoms. The maximum absolute atomic E-state index is 12.7. The summed E-state index contributed by atoms with van der Waals surface area (Å²) in [5.41, 5.74) is 2.42. The fraction of sp³-hybridized carbons (Fsp3) is 0.391. The van der Waals surface area contributed by atoms with Crippen LogP contribution in [0.15, 0.2) is 42.6 Å². The van der Waals surface area contributed by atoms with Crippen molar-refractivity contribution < 1.29 is 32.3 Å². The molecule has 0 bridgehead atoms. The van der Waals surface area contributed by atoms with Crippen molar-refractivity contribution >= 4 is 11.9 Å². The zero-order chi connectivity index (χ0) is 24.7. The van der Waals surface area contributed by atoms with Crippen LogP contribution in [0.5, 0.6) is 5.88 Å². The molecule has 2 aromatic rings. The maximum Gasteiger partial charge on any atom is 0.492 e. The number of nitriles is 1. The largest absolute Gasteiger partial charge is 0.492 e. The summed E-state index contributed by atoms with van der Waals surface area (Å²) in [5, 5.41) is 12.8. The number of hydrogen-bond acceptors (Lipinski definition) is 7. The van der Waals surface area contributed by atoms with E-state index in [0.29, 0.717) is 18.7 Å². The molecule has 0 saturated carbocycles. The molecule has 0 radical (unpaired) electrons. The van der Waals surface area contributed by atoms with Gasteiger partial charge < -0.3 is 14.9 Å². The molecule has 11 heteroatoms. The van der Waals surface area contributed by atoms with Gasteiger partial charge in [0.15, 0.2) is 0 Å². The van der Waals surface area contributed by atoms with E-state index in [1.54, 1.807) is 24.4 Å². The number of ether oxygens (including phenoxy) is 1. The van der Waals surface area contributed by atoms with Gasteiger partial charge in [0, 0.05) is 24.7 Å². The third-order valence-electron chi connectivity index (χ3n) is 5.33. The number of carbonyl (C=O) groups excluding carboxylic acids is 2. The number of carbonyl (C=O) groups is 2. The number of hydrogen-bond donors (Lipinski definition) is 1. The second-order valence-electron chi connectivity index (χ2n) is 7.68. The predicted molar refractivity (Wildman–Crippen MR) is 114 cm³/mol. The normalized spacial score (nSPS) is 17.3. The highest BCUT2D eigenvalue weighted by Gasteiger charge is 2.44. The first kappa shape index (κ1) is 25.0. The van der Waals surface area contributed by atoms with Gasteiger partial charge in [-0.25, -0.2) is 9.78 Å². The first-order chi connectivity index (χ1) is 16.2. The number of pyridine rings is 1. The van der Waals surface area contributed by atoms with Crippen LogP contribution in [0.3, 0.4) is 0 Å². The van der Waals surface area contributed by atoms with E-state index in [4.69, 9.17) is 4.74 Å². The number of nitrogens with zero attached hydrogens (tertiary/aromatic N) is 3. The van der Waals surface area contributed by atoms with Crippen LogP contribution in [0.4, 0.5) is 13.2 Å². The lowest BCUT2D eigenvalue weighted by Gasteiger charge is -2.33. The maximum atomic E-state index is 12.7. The number of rotatable bonds is 7. The van der Waals surface area contributed by atoms with Crippen molar-refractivity contribution in [2.75, 3.05) is 13.7 Å². The van der Waals surface area contributed by atoms with Gasteiger partial charge in [0.1, 0.15) is 12.1 Å². The van der Waals surface area contributed by atoms with Gasteiger partial charge in [-0.1, -0.05) is 24.3 Å². The number of benzene rings is 1. The Bertz CT molecular complexity index is 1050. The van der Waals surface area contributed by atoms with E-state index in [2.05, 4.69) is 15.1 Å². The highest BCUT2D eigenvalue weighted by Crippen LogP contribution is 2.28. The monoisotopic (exact) mass is 476 g/mol. The molecule has 2 heterocycles. The number of hydroxylamine groups is 2. The molecule has 1 fully saturated rings. The predicted octanol–water partition coefficient (Wildman–Crippen LogP) is 3.18. The summed E-state index contributed by atoms with van der Waals surface area (Å²) in [7, 11) is 1.53. The second-order valence-corrected chi connectivity index (χ2v) is 7.68. The van der Waals surface area contributed by atoms with Crippen LogP contribution < -0.4 is 10.1 Å². The number of amides is 1. The molecule has 34 heavy (non-hydrogen) atoms. The lowest BCUT2D eigenvalue weighted by atomic mass is 10.0. The SMILES string of the molecule is COc1ncccc1-c1ccc(C[C@@H](C#N)NC(=O)[C@@H]2CCCCN2OC(=O)C(F)(F)F)cc1. The van der Waals surface area contributed by atoms with Gasteiger partial charge in [0.05, 0.1) is 13.2 Å². The Morgan fingerprint density at radius 1 is 1.26 bits per heavy atom. The Labute approximate surface area is 194 Å². The number of nitrogens with one attached hydrogen (secondary N) is 1. The quantitative estimate of drug-likeness (QED) is 0.655. The Morgan fingerprint density at radius 3 is 2.65 bits per heavy atom. The zero-order valence-corrected chi connectivity index (χ0v) is 18.3. The number of alkyl halides is 3. The van der Waals surface area contributed by atoms with Gasteiger partial charge in [-0.3, -0.25) is 4.79 Å². The minimum absolute atomic E-state index is 0.00358. The van der Waals surface area contributed by atoms with Crippen LogP contribution >= 0.6 is 0 Å². The minimum Gasteiger partial charge on any atom is -0.481 e. The van der Waals surface area contributed by atoms with Gasteiger partial charge in [-0.05, 0) is 42.5 Å². The van der Waals surface area contributed by atoms with Gasteiger partial charge in [-0.15, -0.1) is 5.06 Å². The Kier molecular flexibility index (Phi) is 8.07. The average Bonchev–Trinajstić information content (AvgIpc) is 2.83. The van der Waals surface area contributed by atoms with Crippen molar-refractivity contribution in [3.63, 3.8) is 0 Å². The van der Waals surface area contributed by atoms with E-state index in [0.717, 1.165) is 21.8 Å². The van der Waals surface area contributed by atoms with Crippen molar-refractivity contribution in [1.82, 2.24) is 15.4 Å². The molecular formula is C23H23F3N4O4. The fourth-order valence-corrected chi connectivity index (χ4v) is 3.66.